The second-order valence-corrected chi connectivity index (χ2v) is 7.10. The molecule has 0 unspecified atom stereocenters. The van der Waals surface area contributed by atoms with Crippen LogP contribution in [0, 0.1) is 13.8 Å². The molecule has 0 bridgehead atoms. The highest BCUT2D eigenvalue weighted by molar-refractivity contribution is 7.87. The van der Waals surface area contributed by atoms with Crippen molar-refractivity contribution in [2.75, 3.05) is 6.54 Å². The maximum absolute atomic E-state index is 12.4. The van der Waals surface area contributed by atoms with Crippen molar-refractivity contribution >= 4 is 16.0 Å². The third-order valence-corrected chi connectivity index (χ3v) is 4.86. The molecule has 0 aliphatic rings. The number of carbonyl (C=O) groups excluding carboxylic acids is 1. The summed E-state index contributed by atoms with van der Waals surface area (Å²) < 4.78 is 30.0. The topological polar surface area (TPSA) is 72.5 Å². The molecule has 0 radical (unpaired) electrons. The van der Waals surface area contributed by atoms with Crippen LogP contribution in [0.3, 0.4) is 0 Å². The lowest BCUT2D eigenvalue weighted by Crippen LogP contribution is -2.23. The fraction of sp³-hybridized carbons (Fsp3) is 0.278. The molecule has 0 spiro atoms. The van der Waals surface area contributed by atoms with Crippen LogP contribution in [-0.4, -0.2) is 20.9 Å². The third-order valence-electron chi connectivity index (χ3n) is 3.47. The zero-order chi connectivity index (χ0) is 17.7. The van der Waals surface area contributed by atoms with Crippen LogP contribution < -0.4 is 9.50 Å². The van der Waals surface area contributed by atoms with Crippen molar-refractivity contribution in [1.82, 2.24) is 5.32 Å². The molecule has 6 heteroatoms. The summed E-state index contributed by atoms with van der Waals surface area (Å²) in [7, 11) is -3.91. The Hall–Kier alpha value is -2.34. The Labute approximate surface area is 142 Å². The molecule has 0 saturated heterocycles. The highest BCUT2D eigenvalue weighted by atomic mass is 32.2. The SMILES string of the molecule is CCCNC(=O)c1ccc(OS(=O)(=O)c2cc(C)ccc2C)cc1. The minimum absolute atomic E-state index is 0.146. The zero-order valence-electron chi connectivity index (χ0n) is 14.0. The largest absolute Gasteiger partial charge is 0.379 e. The van der Waals surface area contributed by atoms with Gasteiger partial charge in [-0.15, -0.1) is 0 Å². The molecule has 2 rings (SSSR count). The molecule has 1 N–H and O–H groups in total. The first kappa shape index (κ1) is 18.0. The quantitative estimate of drug-likeness (QED) is 0.815. The lowest BCUT2D eigenvalue weighted by molar-refractivity contribution is 0.0953. The van der Waals surface area contributed by atoms with Crippen molar-refractivity contribution in [2.45, 2.75) is 32.1 Å². The van der Waals surface area contributed by atoms with Crippen LogP contribution in [0.15, 0.2) is 47.4 Å². The molecule has 24 heavy (non-hydrogen) atoms. The van der Waals surface area contributed by atoms with E-state index >= 15 is 0 Å². The number of rotatable bonds is 6. The second kappa shape index (κ2) is 7.49. The van der Waals surface area contributed by atoms with E-state index in [0.29, 0.717) is 17.7 Å². The van der Waals surface area contributed by atoms with Gasteiger partial charge in [0.15, 0.2) is 0 Å². The van der Waals surface area contributed by atoms with Crippen LogP contribution in [-0.2, 0) is 10.1 Å². The van der Waals surface area contributed by atoms with Gasteiger partial charge in [0.05, 0.1) is 0 Å². The van der Waals surface area contributed by atoms with Gasteiger partial charge < -0.3 is 9.50 Å². The van der Waals surface area contributed by atoms with Gasteiger partial charge in [-0.3, -0.25) is 4.79 Å². The van der Waals surface area contributed by atoms with Gasteiger partial charge in [-0.2, -0.15) is 8.42 Å². The molecule has 5 nitrogen and oxygen atoms in total. The molecule has 0 atom stereocenters. The highest BCUT2D eigenvalue weighted by Crippen LogP contribution is 2.22. The molecule has 2 aromatic carbocycles. The van der Waals surface area contributed by atoms with E-state index in [4.69, 9.17) is 4.18 Å². The summed E-state index contributed by atoms with van der Waals surface area (Å²) in [5.41, 5.74) is 1.92. The number of nitrogens with one attached hydrogen (secondary N) is 1. The van der Waals surface area contributed by atoms with Crippen molar-refractivity contribution in [2.24, 2.45) is 0 Å². The molecule has 0 aliphatic heterocycles. The van der Waals surface area contributed by atoms with Gasteiger partial charge in [-0.05, 0) is 61.7 Å². The molecule has 0 saturated carbocycles. The number of carbonyl (C=O) groups is 1. The summed E-state index contributed by atoms with van der Waals surface area (Å²) in [6.07, 6.45) is 0.848. The highest BCUT2D eigenvalue weighted by Gasteiger charge is 2.19. The summed E-state index contributed by atoms with van der Waals surface area (Å²) in [4.78, 5) is 12.0. The number of hydrogen-bond donors (Lipinski definition) is 1. The van der Waals surface area contributed by atoms with Crippen molar-refractivity contribution in [3.63, 3.8) is 0 Å². The van der Waals surface area contributed by atoms with Crippen LogP contribution >= 0.6 is 0 Å². The Bertz CT molecular complexity index is 827. The van der Waals surface area contributed by atoms with E-state index in [2.05, 4.69) is 5.32 Å². The summed E-state index contributed by atoms with van der Waals surface area (Å²) in [6.45, 7) is 6.10. The van der Waals surface area contributed by atoms with Gasteiger partial charge >= 0.3 is 10.1 Å². The standard InChI is InChI=1S/C18H21NO4S/c1-4-11-19-18(20)15-7-9-16(10-8-15)23-24(21,22)17-12-13(2)5-6-14(17)3/h5-10,12H,4,11H2,1-3H3,(H,19,20). The zero-order valence-corrected chi connectivity index (χ0v) is 14.8. The van der Waals surface area contributed by atoms with Gasteiger partial charge in [0, 0.05) is 12.1 Å². The van der Waals surface area contributed by atoms with Gasteiger partial charge in [-0.1, -0.05) is 19.1 Å². The lowest BCUT2D eigenvalue weighted by atomic mass is 10.2. The Balaban J connectivity index is 2.18. The van der Waals surface area contributed by atoms with Crippen LogP contribution in [0.1, 0.15) is 34.8 Å². The molecule has 1 amide bonds. The maximum atomic E-state index is 12.4. The summed E-state index contributed by atoms with van der Waals surface area (Å²) in [5, 5.41) is 2.76. The van der Waals surface area contributed by atoms with E-state index in [1.165, 1.54) is 12.1 Å². The predicted octanol–water partition coefficient (Wildman–Crippen LogP) is 3.21. The van der Waals surface area contributed by atoms with Crippen LogP contribution in [0.5, 0.6) is 5.75 Å². The van der Waals surface area contributed by atoms with E-state index in [1.54, 1.807) is 31.2 Å². The molecule has 128 valence electrons. The second-order valence-electron chi connectivity index (χ2n) is 5.59. The molecule has 0 heterocycles. The Kier molecular flexibility index (Phi) is 5.62. The van der Waals surface area contributed by atoms with Gasteiger partial charge in [0.1, 0.15) is 10.6 Å². The van der Waals surface area contributed by atoms with E-state index < -0.39 is 10.1 Å². The summed E-state index contributed by atoms with van der Waals surface area (Å²) >= 11 is 0. The minimum Gasteiger partial charge on any atom is -0.379 e. The smallest absolute Gasteiger partial charge is 0.339 e. The summed E-state index contributed by atoms with van der Waals surface area (Å²) in [5.74, 6) is -0.0243. The molecular weight excluding hydrogens is 326 g/mol. The number of hydrogen-bond acceptors (Lipinski definition) is 4. The van der Waals surface area contributed by atoms with Crippen molar-refractivity contribution < 1.29 is 17.4 Å². The fourth-order valence-corrected chi connectivity index (χ4v) is 3.40. The first-order valence-electron chi connectivity index (χ1n) is 7.73. The monoisotopic (exact) mass is 347 g/mol. The van der Waals surface area contributed by atoms with Gasteiger partial charge in [0.2, 0.25) is 0 Å². The first-order valence-corrected chi connectivity index (χ1v) is 9.14. The normalized spacial score (nSPS) is 11.1. The fourth-order valence-electron chi connectivity index (χ4n) is 2.15. The van der Waals surface area contributed by atoms with E-state index in [1.807, 2.05) is 19.9 Å². The van der Waals surface area contributed by atoms with E-state index in [-0.39, 0.29) is 16.6 Å². The Morgan fingerprint density at radius 1 is 1.08 bits per heavy atom. The average Bonchev–Trinajstić information content (AvgIpc) is 2.55. The molecule has 0 aliphatic carbocycles. The van der Waals surface area contributed by atoms with Crippen molar-refractivity contribution in [3.05, 3.63) is 59.2 Å². The van der Waals surface area contributed by atoms with Gasteiger partial charge in [0.25, 0.3) is 5.91 Å². The van der Waals surface area contributed by atoms with Crippen LogP contribution in [0.2, 0.25) is 0 Å². The van der Waals surface area contributed by atoms with E-state index in [0.717, 1.165) is 12.0 Å². The average molecular weight is 347 g/mol. The third kappa shape index (κ3) is 4.35. The predicted molar refractivity (Wildman–Crippen MR) is 92.8 cm³/mol. The number of benzene rings is 2. The van der Waals surface area contributed by atoms with Crippen molar-refractivity contribution in [3.8, 4) is 5.75 Å². The van der Waals surface area contributed by atoms with Gasteiger partial charge in [-0.25, -0.2) is 0 Å². The molecule has 0 fully saturated rings. The van der Waals surface area contributed by atoms with Crippen molar-refractivity contribution in [1.29, 1.82) is 0 Å². The molecule has 2 aromatic rings. The van der Waals surface area contributed by atoms with E-state index in [9.17, 15) is 13.2 Å². The van der Waals surface area contributed by atoms with Crippen LogP contribution in [0.25, 0.3) is 0 Å². The number of aryl methyl sites for hydroxylation is 2. The van der Waals surface area contributed by atoms with Crippen LogP contribution in [0.4, 0.5) is 0 Å². The number of amides is 1. The summed E-state index contributed by atoms with van der Waals surface area (Å²) in [6, 6.07) is 11.2. The lowest BCUT2D eigenvalue weighted by Gasteiger charge is -2.10. The first-order chi connectivity index (χ1) is 11.3. The Morgan fingerprint density at radius 2 is 1.75 bits per heavy atom. The molecular formula is C18H21NO4S. The molecule has 0 aromatic heterocycles. The Morgan fingerprint density at radius 3 is 2.38 bits per heavy atom. The maximum Gasteiger partial charge on any atom is 0.339 e. The minimum atomic E-state index is -3.91.